The first kappa shape index (κ1) is 14.1. The number of carbonyl (C=O) groups is 1. The first-order valence-electron chi connectivity index (χ1n) is 6.65. The highest BCUT2D eigenvalue weighted by molar-refractivity contribution is 5.94. The molecule has 0 aliphatic carbocycles. The number of hydrogen-bond donors (Lipinski definition) is 1. The summed E-state index contributed by atoms with van der Waals surface area (Å²) in [6.45, 7) is 5.76. The van der Waals surface area contributed by atoms with Crippen molar-refractivity contribution in [2.45, 2.75) is 26.9 Å². The third-order valence-electron chi connectivity index (χ3n) is 3.02. The second kappa shape index (κ2) is 6.24. The van der Waals surface area contributed by atoms with Gasteiger partial charge in [-0.2, -0.15) is 0 Å². The maximum absolute atomic E-state index is 12.0. The Kier molecular flexibility index (Phi) is 4.41. The van der Waals surface area contributed by atoms with Crippen LogP contribution in [0.15, 0.2) is 48.5 Å². The molecule has 2 aromatic rings. The van der Waals surface area contributed by atoms with Crippen LogP contribution in [0.5, 0.6) is 5.75 Å². The molecule has 1 unspecified atom stereocenters. The van der Waals surface area contributed by atoms with E-state index in [0.717, 1.165) is 16.8 Å². The summed E-state index contributed by atoms with van der Waals surface area (Å²) in [6.07, 6.45) is -0.543. The van der Waals surface area contributed by atoms with E-state index < -0.39 is 6.10 Å². The quantitative estimate of drug-likeness (QED) is 0.919. The van der Waals surface area contributed by atoms with Crippen LogP contribution in [-0.2, 0) is 4.79 Å². The fraction of sp³-hybridized carbons (Fsp3) is 0.235. The standard InChI is InChI=1S/C17H19NO2/c1-12-4-8-15(9-5-12)18-17(19)14(3)20-16-10-6-13(2)7-11-16/h4-11,14H,1-3H3,(H,18,19). The summed E-state index contributed by atoms with van der Waals surface area (Å²) in [7, 11) is 0. The number of ether oxygens (including phenoxy) is 1. The molecule has 0 saturated heterocycles. The normalized spacial score (nSPS) is 11.8. The van der Waals surface area contributed by atoms with Crippen molar-refractivity contribution >= 4 is 11.6 Å². The first-order chi connectivity index (χ1) is 9.54. The number of benzene rings is 2. The third-order valence-corrected chi connectivity index (χ3v) is 3.02. The molecule has 2 rings (SSSR count). The summed E-state index contributed by atoms with van der Waals surface area (Å²) in [5, 5.41) is 2.84. The van der Waals surface area contributed by atoms with Crippen molar-refractivity contribution in [1.82, 2.24) is 0 Å². The van der Waals surface area contributed by atoms with E-state index >= 15 is 0 Å². The predicted octanol–water partition coefficient (Wildman–Crippen LogP) is 3.71. The van der Waals surface area contributed by atoms with Crippen molar-refractivity contribution in [3.63, 3.8) is 0 Å². The van der Waals surface area contributed by atoms with Gasteiger partial charge in [0.1, 0.15) is 5.75 Å². The molecule has 104 valence electrons. The van der Waals surface area contributed by atoms with Crippen LogP contribution in [0.3, 0.4) is 0 Å². The number of aryl methyl sites for hydroxylation is 2. The van der Waals surface area contributed by atoms with Gasteiger partial charge in [-0.1, -0.05) is 35.4 Å². The van der Waals surface area contributed by atoms with Crippen LogP contribution in [0, 0.1) is 13.8 Å². The second-order valence-corrected chi connectivity index (χ2v) is 4.93. The van der Waals surface area contributed by atoms with E-state index in [9.17, 15) is 4.79 Å². The van der Waals surface area contributed by atoms with E-state index in [0.29, 0.717) is 5.75 Å². The number of amides is 1. The fourth-order valence-electron chi connectivity index (χ4n) is 1.76. The molecule has 0 heterocycles. The lowest BCUT2D eigenvalue weighted by atomic mass is 10.2. The maximum atomic E-state index is 12.0. The van der Waals surface area contributed by atoms with Gasteiger partial charge in [0.25, 0.3) is 5.91 Å². The topological polar surface area (TPSA) is 38.3 Å². The van der Waals surface area contributed by atoms with Crippen molar-refractivity contribution < 1.29 is 9.53 Å². The Hall–Kier alpha value is -2.29. The van der Waals surface area contributed by atoms with Crippen LogP contribution in [0.4, 0.5) is 5.69 Å². The van der Waals surface area contributed by atoms with Gasteiger partial charge in [0.2, 0.25) is 0 Å². The molecule has 0 fully saturated rings. The zero-order chi connectivity index (χ0) is 14.5. The largest absolute Gasteiger partial charge is 0.481 e. The van der Waals surface area contributed by atoms with E-state index in [4.69, 9.17) is 4.74 Å². The minimum atomic E-state index is -0.543. The average molecular weight is 269 g/mol. The van der Waals surface area contributed by atoms with Crippen molar-refractivity contribution in [3.8, 4) is 5.75 Å². The average Bonchev–Trinajstić information content (AvgIpc) is 2.44. The molecule has 3 heteroatoms. The Labute approximate surface area is 119 Å². The summed E-state index contributed by atoms with van der Waals surface area (Å²) in [4.78, 5) is 12.0. The van der Waals surface area contributed by atoms with Crippen LogP contribution in [0.2, 0.25) is 0 Å². The molecule has 1 atom stereocenters. The smallest absolute Gasteiger partial charge is 0.265 e. The zero-order valence-electron chi connectivity index (χ0n) is 12.0. The van der Waals surface area contributed by atoms with Crippen molar-refractivity contribution in [3.05, 3.63) is 59.7 Å². The highest BCUT2D eigenvalue weighted by atomic mass is 16.5. The van der Waals surface area contributed by atoms with Gasteiger partial charge >= 0.3 is 0 Å². The molecule has 1 amide bonds. The van der Waals surface area contributed by atoms with Crippen LogP contribution in [-0.4, -0.2) is 12.0 Å². The van der Waals surface area contributed by atoms with Crippen LogP contribution >= 0.6 is 0 Å². The summed E-state index contributed by atoms with van der Waals surface area (Å²) in [5.41, 5.74) is 3.10. The third kappa shape index (κ3) is 3.85. The number of nitrogens with one attached hydrogen (secondary N) is 1. The molecule has 20 heavy (non-hydrogen) atoms. The van der Waals surface area contributed by atoms with Gasteiger partial charge in [-0.15, -0.1) is 0 Å². The van der Waals surface area contributed by atoms with E-state index in [2.05, 4.69) is 5.32 Å². The number of rotatable bonds is 4. The molecule has 0 radical (unpaired) electrons. The van der Waals surface area contributed by atoms with E-state index in [1.54, 1.807) is 6.92 Å². The molecule has 0 saturated carbocycles. The SMILES string of the molecule is Cc1ccc(NC(=O)C(C)Oc2ccc(C)cc2)cc1. The maximum Gasteiger partial charge on any atom is 0.265 e. The van der Waals surface area contributed by atoms with Gasteiger partial charge in [-0.25, -0.2) is 0 Å². The van der Waals surface area contributed by atoms with Crippen LogP contribution in [0.25, 0.3) is 0 Å². The van der Waals surface area contributed by atoms with Crippen LogP contribution in [0.1, 0.15) is 18.1 Å². The van der Waals surface area contributed by atoms with Gasteiger partial charge in [-0.05, 0) is 45.0 Å². The summed E-state index contributed by atoms with van der Waals surface area (Å²) in [5.74, 6) is 0.539. The van der Waals surface area contributed by atoms with Gasteiger partial charge in [0.05, 0.1) is 0 Å². The van der Waals surface area contributed by atoms with Gasteiger partial charge in [0, 0.05) is 5.69 Å². The van der Waals surface area contributed by atoms with E-state index in [1.807, 2.05) is 62.4 Å². The molecule has 3 nitrogen and oxygen atoms in total. The fourth-order valence-corrected chi connectivity index (χ4v) is 1.76. The first-order valence-corrected chi connectivity index (χ1v) is 6.65. The Morgan fingerprint density at radius 1 is 0.950 bits per heavy atom. The number of carbonyl (C=O) groups excluding carboxylic acids is 1. The predicted molar refractivity (Wildman–Crippen MR) is 81.1 cm³/mol. The molecule has 0 spiro atoms. The van der Waals surface area contributed by atoms with Crippen molar-refractivity contribution in [2.75, 3.05) is 5.32 Å². The minimum absolute atomic E-state index is 0.158. The minimum Gasteiger partial charge on any atom is -0.481 e. The Balaban J connectivity index is 1.94. The molecule has 0 aromatic heterocycles. The second-order valence-electron chi connectivity index (χ2n) is 4.93. The highest BCUT2D eigenvalue weighted by Gasteiger charge is 2.14. The summed E-state index contributed by atoms with van der Waals surface area (Å²) >= 11 is 0. The van der Waals surface area contributed by atoms with Crippen LogP contribution < -0.4 is 10.1 Å². The molecule has 0 bridgehead atoms. The van der Waals surface area contributed by atoms with Gasteiger partial charge in [0.15, 0.2) is 6.10 Å². The molecule has 2 aromatic carbocycles. The summed E-state index contributed by atoms with van der Waals surface area (Å²) < 4.78 is 5.62. The van der Waals surface area contributed by atoms with Gasteiger partial charge < -0.3 is 10.1 Å². The molecular formula is C17H19NO2. The van der Waals surface area contributed by atoms with Gasteiger partial charge in [-0.3, -0.25) is 4.79 Å². The number of hydrogen-bond acceptors (Lipinski definition) is 2. The monoisotopic (exact) mass is 269 g/mol. The summed E-state index contributed by atoms with van der Waals surface area (Å²) in [6, 6.07) is 15.3. The molecule has 1 N–H and O–H groups in total. The Morgan fingerprint density at radius 2 is 1.45 bits per heavy atom. The zero-order valence-corrected chi connectivity index (χ0v) is 12.0. The highest BCUT2D eigenvalue weighted by Crippen LogP contribution is 2.14. The van der Waals surface area contributed by atoms with E-state index in [-0.39, 0.29) is 5.91 Å². The number of anilines is 1. The Bertz CT molecular complexity index is 573. The lowest BCUT2D eigenvalue weighted by molar-refractivity contribution is -0.122. The van der Waals surface area contributed by atoms with Crippen molar-refractivity contribution in [1.29, 1.82) is 0 Å². The van der Waals surface area contributed by atoms with Crippen molar-refractivity contribution in [2.24, 2.45) is 0 Å². The lowest BCUT2D eigenvalue weighted by Crippen LogP contribution is -2.30. The molecule has 0 aliphatic heterocycles. The Morgan fingerprint density at radius 3 is 2.00 bits per heavy atom. The molecular weight excluding hydrogens is 250 g/mol. The van der Waals surface area contributed by atoms with E-state index in [1.165, 1.54) is 0 Å². The lowest BCUT2D eigenvalue weighted by Gasteiger charge is -2.15. The molecule has 0 aliphatic rings.